The van der Waals surface area contributed by atoms with Crippen LogP contribution in [0.2, 0.25) is 0 Å². The SMILES string of the molecule is C[C@@H](NC1CC(c2ccccc2Br)C1)c1ccccn1. The number of hydrogen-bond acceptors (Lipinski definition) is 2. The maximum absolute atomic E-state index is 4.41. The third-order valence-corrected chi connectivity index (χ3v) is 4.82. The molecule has 1 aromatic heterocycles. The summed E-state index contributed by atoms with van der Waals surface area (Å²) >= 11 is 3.65. The number of hydrogen-bond donors (Lipinski definition) is 1. The van der Waals surface area contributed by atoms with Crippen molar-refractivity contribution < 1.29 is 0 Å². The fourth-order valence-electron chi connectivity index (χ4n) is 2.89. The van der Waals surface area contributed by atoms with Crippen LogP contribution in [-0.2, 0) is 0 Å². The van der Waals surface area contributed by atoms with E-state index in [1.807, 2.05) is 18.3 Å². The van der Waals surface area contributed by atoms with Gasteiger partial charge in [-0.1, -0.05) is 40.2 Å². The van der Waals surface area contributed by atoms with E-state index < -0.39 is 0 Å². The first-order valence-corrected chi connectivity index (χ1v) is 7.94. The fourth-order valence-corrected chi connectivity index (χ4v) is 3.49. The van der Waals surface area contributed by atoms with Crippen LogP contribution in [0.4, 0.5) is 0 Å². The minimum absolute atomic E-state index is 0.321. The molecule has 2 nitrogen and oxygen atoms in total. The van der Waals surface area contributed by atoms with Crippen molar-refractivity contribution in [2.24, 2.45) is 0 Å². The lowest BCUT2D eigenvalue weighted by molar-refractivity contribution is 0.269. The molecule has 1 N–H and O–H groups in total. The first kappa shape index (κ1) is 13.8. The van der Waals surface area contributed by atoms with Gasteiger partial charge in [-0.3, -0.25) is 4.98 Å². The maximum atomic E-state index is 4.41. The lowest BCUT2D eigenvalue weighted by Crippen LogP contribution is -2.41. The monoisotopic (exact) mass is 330 g/mol. The summed E-state index contributed by atoms with van der Waals surface area (Å²) in [4.78, 5) is 4.41. The van der Waals surface area contributed by atoms with E-state index in [0.29, 0.717) is 18.0 Å². The first-order valence-electron chi connectivity index (χ1n) is 7.15. The number of aromatic nitrogens is 1. The number of nitrogens with one attached hydrogen (secondary N) is 1. The Bertz CT molecular complexity index is 564. The zero-order valence-electron chi connectivity index (χ0n) is 11.6. The molecule has 20 heavy (non-hydrogen) atoms. The molecule has 3 heteroatoms. The van der Waals surface area contributed by atoms with Crippen molar-refractivity contribution in [1.82, 2.24) is 10.3 Å². The molecule has 1 fully saturated rings. The van der Waals surface area contributed by atoms with E-state index in [1.165, 1.54) is 22.9 Å². The second kappa shape index (κ2) is 6.06. The van der Waals surface area contributed by atoms with Gasteiger partial charge in [0, 0.05) is 22.8 Å². The molecule has 1 aliphatic rings. The maximum Gasteiger partial charge on any atom is 0.0570 e. The van der Waals surface area contributed by atoms with Crippen molar-refractivity contribution in [2.75, 3.05) is 0 Å². The number of nitrogens with zero attached hydrogens (tertiary/aromatic N) is 1. The minimum atomic E-state index is 0.321. The van der Waals surface area contributed by atoms with Gasteiger partial charge in [0.25, 0.3) is 0 Å². The highest BCUT2D eigenvalue weighted by Gasteiger charge is 2.32. The second-order valence-corrected chi connectivity index (χ2v) is 6.38. The van der Waals surface area contributed by atoms with E-state index in [1.54, 1.807) is 0 Å². The van der Waals surface area contributed by atoms with Crippen LogP contribution in [0.5, 0.6) is 0 Å². The summed E-state index contributed by atoms with van der Waals surface area (Å²) < 4.78 is 1.24. The standard InChI is InChI=1S/C17H19BrN2/c1-12(17-8-4-5-9-19-17)20-14-10-13(11-14)15-6-2-3-7-16(15)18/h2-9,12-14,20H,10-11H2,1H3/t12-,13?,14?/m1/s1. The molecule has 3 rings (SSSR count). The van der Waals surface area contributed by atoms with Gasteiger partial charge in [-0.25, -0.2) is 0 Å². The summed E-state index contributed by atoms with van der Waals surface area (Å²) in [6.45, 7) is 2.19. The van der Waals surface area contributed by atoms with Crippen molar-refractivity contribution in [3.05, 3.63) is 64.4 Å². The summed E-state index contributed by atoms with van der Waals surface area (Å²) in [5, 5.41) is 3.67. The van der Waals surface area contributed by atoms with Crippen LogP contribution in [0.3, 0.4) is 0 Å². The Labute approximate surface area is 128 Å². The Morgan fingerprint density at radius 3 is 2.60 bits per heavy atom. The predicted molar refractivity (Wildman–Crippen MR) is 85.7 cm³/mol. The Kier molecular flexibility index (Phi) is 4.18. The van der Waals surface area contributed by atoms with Gasteiger partial charge in [-0.2, -0.15) is 0 Å². The minimum Gasteiger partial charge on any atom is -0.306 e. The van der Waals surface area contributed by atoms with Gasteiger partial charge in [0.15, 0.2) is 0 Å². The largest absolute Gasteiger partial charge is 0.306 e. The summed E-state index contributed by atoms with van der Waals surface area (Å²) in [5.41, 5.74) is 2.56. The Morgan fingerprint density at radius 2 is 1.90 bits per heavy atom. The molecule has 0 amide bonds. The van der Waals surface area contributed by atoms with Crippen LogP contribution >= 0.6 is 15.9 Å². The van der Waals surface area contributed by atoms with Crippen molar-refractivity contribution in [1.29, 1.82) is 0 Å². The van der Waals surface area contributed by atoms with Gasteiger partial charge in [0.1, 0.15) is 0 Å². The van der Waals surface area contributed by atoms with E-state index in [4.69, 9.17) is 0 Å². The van der Waals surface area contributed by atoms with Gasteiger partial charge in [0.2, 0.25) is 0 Å². The number of pyridine rings is 1. The Hall–Kier alpha value is -1.19. The van der Waals surface area contributed by atoms with E-state index in [-0.39, 0.29) is 0 Å². The van der Waals surface area contributed by atoms with Crippen LogP contribution in [0.15, 0.2) is 53.1 Å². The first-order chi connectivity index (χ1) is 9.74. The molecular formula is C17H19BrN2. The van der Waals surface area contributed by atoms with Crippen molar-refractivity contribution >= 4 is 15.9 Å². The molecule has 1 aromatic carbocycles. The lowest BCUT2D eigenvalue weighted by Gasteiger charge is -2.38. The molecular weight excluding hydrogens is 312 g/mol. The molecule has 0 saturated heterocycles. The van der Waals surface area contributed by atoms with E-state index in [9.17, 15) is 0 Å². The zero-order chi connectivity index (χ0) is 13.9. The molecule has 0 spiro atoms. The third kappa shape index (κ3) is 2.94. The van der Waals surface area contributed by atoms with Gasteiger partial charge in [-0.05, 0) is 49.4 Å². The normalized spacial score (nSPS) is 23.1. The molecule has 1 saturated carbocycles. The summed E-state index contributed by atoms with van der Waals surface area (Å²) in [7, 11) is 0. The van der Waals surface area contributed by atoms with Gasteiger partial charge >= 0.3 is 0 Å². The second-order valence-electron chi connectivity index (χ2n) is 5.53. The highest BCUT2D eigenvalue weighted by Crippen LogP contribution is 2.40. The molecule has 0 bridgehead atoms. The van der Waals surface area contributed by atoms with E-state index in [2.05, 4.69) is 63.5 Å². The predicted octanol–water partition coefficient (Wildman–Crippen LogP) is 4.44. The van der Waals surface area contributed by atoms with Crippen LogP contribution in [-0.4, -0.2) is 11.0 Å². The van der Waals surface area contributed by atoms with E-state index in [0.717, 1.165) is 5.69 Å². The summed E-state index contributed by atoms with van der Waals surface area (Å²) in [6, 6.07) is 15.6. The molecule has 1 atom stereocenters. The molecule has 0 radical (unpaired) electrons. The van der Waals surface area contributed by atoms with Crippen molar-refractivity contribution in [3.63, 3.8) is 0 Å². The lowest BCUT2D eigenvalue weighted by atomic mass is 9.75. The molecule has 1 heterocycles. The molecule has 0 unspecified atom stereocenters. The number of benzene rings is 1. The van der Waals surface area contributed by atoms with Gasteiger partial charge < -0.3 is 5.32 Å². The quantitative estimate of drug-likeness (QED) is 0.896. The van der Waals surface area contributed by atoms with Gasteiger partial charge in [0.05, 0.1) is 5.69 Å². The van der Waals surface area contributed by atoms with Crippen LogP contribution in [0.1, 0.15) is 43.0 Å². The van der Waals surface area contributed by atoms with E-state index >= 15 is 0 Å². The highest BCUT2D eigenvalue weighted by atomic mass is 79.9. The molecule has 2 aromatic rings. The molecule has 0 aliphatic heterocycles. The Balaban J connectivity index is 1.55. The summed E-state index contributed by atoms with van der Waals surface area (Å²) in [5.74, 6) is 0.680. The topological polar surface area (TPSA) is 24.9 Å². The third-order valence-electron chi connectivity index (χ3n) is 4.10. The number of halogens is 1. The van der Waals surface area contributed by atoms with Crippen LogP contribution in [0, 0.1) is 0 Å². The van der Waals surface area contributed by atoms with Crippen LogP contribution < -0.4 is 5.32 Å². The highest BCUT2D eigenvalue weighted by molar-refractivity contribution is 9.10. The average Bonchev–Trinajstić information content (AvgIpc) is 2.44. The Morgan fingerprint density at radius 1 is 1.15 bits per heavy atom. The molecule has 104 valence electrons. The summed E-state index contributed by atoms with van der Waals surface area (Å²) in [6.07, 6.45) is 4.28. The van der Waals surface area contributed by atoms with Crippen molar-refractivity contribution in [3.8, 4) is 0 Å². The van der Waals surface area contributed by atoms with Crippen molar-refractivity contribution in [2.45, 2.75) is 37.8 Å². The van der Waals surface area contributed by atoms with Gasteiger partial charge in [-0.15, -0.1) is 0 Å². The zero-order valence-corrected chi connectivity index (χ0v) is 13.2. The smallest absolute Gasteiger partial charge is 0.0570 e. The van der Waals surface area contributed by atoms with Crippen LogP contribution in [0.25, 0.3) is 0 Å². The average molecular weight is 331 g/mol. The number of rotatable bonds is 4. The molecule has 1 aliphatic carbocycles. The fraction of sp³-hybridized carbons (Fsp3) is 0.353.